The summed E-state index contributed by atoms with van der Waals surface area (Å²) >= 11 is 1.60. The molecule has 4 aromatic rings. The number of aromatic nitrogens is 1. The van der Waals surface area contributed by atoms with Gasteiger partial charge in [0.25, 0.3) is 0 Å². The molecular weight excluding hydrogens is 461 g/mol. The van der Waals surface area contributed by atoms with Crippen molar-refractivity contribution in [3.05, 3.63) is 78.1 Å². The van der Waals surface area contributed by atoms with Gasteiger partial charge in [0.05, 0.1) is 15.1 Å². The minimum absolute atomic E-state index is 0.106. The van der Waals surface area contributed by atoms with Gasteiger partial charge in [-0.05, 0) is 79.6 Å². The van der Waals surface area contributed by atoms with Gasteiger partial charge in [-0.2, -0.15) is 4.72 Å². The van der Waals surface area contributed by atoms with E-state index in [0.29, 0.717) is 5.69 Å². The van der Waals surface area contributed by atoms with Gasteiger partial charge in [0.15, 0.2) is 0 Å². The zero-order chi connectivity index (χ0) is 23.6. The first-order chi connectivity index (χ1) is 15.7. The lowest BCUT2D eigenvalue weighted by molar-refractivity contribution is -0.117. The molecule has 0 aliphatic heterocycles. The summed E-state index contributed by atoms with van der Waals surface area (Å²) in [4.78, 5) is 17.3. The highest BCUT2D eigenvalue weighted by Crippen LogP contribution is 2.31. The number of benzene rings is 3. The number of fused-ring (bicyclic) bond motifs is 1. The topological polar surface area (TPSA) is 88.2 Å². The summed E-state index contributed by atoms with van der Waals surface area (Å²) < 4.78 is 41.7. The predicted molar refractivity (Wildman–Crippen MR) is 129 cm³/mol. The molecule has 0 aliphatic rings. The van der Waals surface area contributed by atoms with Crippen LogP contribution in [0.2, 0.25) is 0 Å². The predicted octanol–water partition coefficient (Wildman–Crippen LogP) is 5.11. The van der Waals surface area contributed by atoms with Gasteiger partial charge >= 0.3 is 0 Å². The third kappa shape index (κ3) is 5.27. The number of carbonyl (C=O) groups excluding carboxylic acids is 1. The van der Waals surface area contributed by atoms with E-state index in [1.165, 1.54) is 5.56 Å². The van der Waals surface area contributed by atoms with Gasteiger partial charge in [0.2, 0.25) is 15.9 Å². The van der Waals surface area contributed by atoms with E-state index in [0.717, 1.165) is 45.1 Å². The number of sulfonamides is 1. The minimum Gasteiger partial charge on any atom is -0.325 e. The van der Waals surface area contributed by atoms with Crippen LogP contribution in [-0.4, -0.2) is 25.4 Å². The zero-order valence-electron chi connectivity index (χ0n) is 18.0. The number of thiazole rings is 1. The molecule has 3 aromatic carbocycles. The molecule has 1 atom stereocenters. The van der Waals surface area contributed by atoms with Crippen LogP contribution >= 0.6 is 11.3 Å². The van der Waals surface area contributed by atoms with E-state index in [4.69, 9.17) is 0 Å². The quantitative estimate of drug-likeness (QED) is 0.383. The van der Waals surface area contributed by atoms with E-state index in [9.17, 15) is 17.6 Å². The molecule has 1 unspecified atom stereocenters. The summed E-state index contributed by atoms with van der Waals surface area (Å²) in [6.07, 6.45) is 0.245. The van der Waals surface area contributed by atoms with E-state index in [1.807, 2.05) is 31.2 Å². The highest BCUT2D eigenvalue weighted by molar-refractivity contribution is 7.89. The molecule has 0 saturated carbocycles. The van der Waals surface area contributed by atoms with E-state index >= 15 is 0 Å². The minimum atomic E-state index is -3.97. The molecule has 0 radical (unpaired) electrons. The maximum Gasteiger partial charge on any atom is 0.242 e. The van der Waals surface area contributed by atoms with Crippen molar-refractivity contribution in [1.82, 2.24) is 9.71 Å². The average molecular weight is 484 g/mol. The molecule has 1 aromatic heterocycles. The molecule has 0 aliphatic carbocycles. The molecule has 9 heteroatoms. The number of nitrogens with one attached hydrogen (secondary N) is 2. The molecule has 2 N–H and O–H groups in total. The Morgan fingerprint density at radius 2 is 1.76 bits per heavy atom. The van der Waals surface area contributed by atoms with E-state index in [1.54, 1.807) is 30.4 Å². The van der Waals surface area contributed by atoms with Gasteiger partial charge in [-0.3, -0.25) is 4.79 Å². The Morgan fingerprint density at radius 1 is 1.06 bits per heavy atom. The highest BCUT2D eigenvalue weighted by atomic mass is 32.2. The first-order valence-electron chi connectivity index (χ1n) is 10.3. The second kappa shape index (κ2) is 9.38. The third-order valence-corrected chi connectivity index (χ3v) is 7.64. The second-order valence-electron chi connectivity index (χ2n) is 7.59. The average Bonchev–Trinajstić information content (AvgIpc) is 3.21. The van der Waals surface area contributed by atoms with Crippen molar-refractivity contribution < 1.29 is 17.6 Å². The maximum atomic E-state index is 13.1. The van der Waals surface area contributed by atoms with Crippen molar-refractivity contribution in [1.29, 1.82) is 0 Å². The molecule has 0 saturated heterocycles. The number of anilines is 1. The van der Waals surface area contributed by atoms with E-state index < -0.39 is 27.8 Å². The number of rotatable bonds is 7. The summed E-state index contributed by atoms with van der Waals surface area (Å²) in [5, 5.41) is 3.63. The Labute approximate surface area is 195 Å². The fraction of sp³-hybridized carbons (Fsp3) is 0.167. The Kier molecular flexibility index (Phi) is 6.55. The van der Waals surface area contributed by atoms with Crippen LogP contribution < -0.4 is 10.0 Å². The molecule has 6 nitrogen and oxygen atoms in total. The fourth-order valence-electron chi connectivity index (χ4n) is 3.27. The van der Waals surface area contributed by atoms with Gasteiger partial charge in [0, 0.05) is 11.3 Å². The standard InChI is InChI=1S/C24H22FN3O3S2/c1-3-20(28-33(30,31)19-11-7-17(25)8-12-19)23(29)26-18-9-5-16(6-10-18)24-27-21-13-4-15(2)14-22(21)32-24/h4-14,20,28H,3H2,1-2H3,(H,26,29). The lowest BCUT2D eigenvalue weighted by Crippen LogP contribution is -2.43. The van der Waals surface area contributed by atoms with Crippen LogP contribution in [0.4, 0.5) is 10.1 Å². The molecule has 4 rings (SSSR count). The third-order valence-electron chi connectivity index (χ3n) is 5.09. The van der Waals surface area contributed by atoms with E-state index in [-0.39, 0.29) is 11.3 Å². The van der Waals surface area contributed by atoms with Crippen LogP contribution in [0.25, 0.3) is 20.8 Å². The summed E-state index contributed by atoms with van der Waals surface area (Å²) in [5.74, 6) is -1.02. The molecule has 170 valence electrons. The van der Waals surface area contributed by atoms with Crippen LogP contribution in [0, 0.1) is 12.7 Å². The zero-order valence-corrected chi connectivity index (χ0v) is 19.6. The summed E-state index contributed by atoms with van der Waals surface area (Å²) in [6.45, 7) is 3.75. The van der Waals surface area contributed by atoms with Gasteiger partial charge in [0.1, 0.15) is 16.9 Å². The fourth-order valence-corrected chi connectivity index (χ4v) is 5.62. The smallest absolute Gasteiger partial charge is 0.242 e. The number of aryl methyl sites for hydroxylation is 1. The van der Waals surface area contributed by atoms with Crippen LogP contribution in [0.15, 0.2) is 71.6 Å². The van der Waals surface area contributed by atoms with Crippen LogP contribution in [0.3, 0.4) is 0 Å². The summed E-state index contributed by atoms with van der Waals surface area (Å²) in [5.41, 5.74) is 3.59. The lowest BCUT2D eigenvalue weighted by atomic mass is 10.2. The normalized spacial score (nSPS) is 12.6. The van der Waals surface area contributed by atoms with Crippen molar-refractivity contribution >= 4 is 43.2 Å². The van der Waals surface area contributed by atoms with Crippen molar-refractivity contribution in [3.63, 3.8) is 0 Å². The van der Waals surface area contributed by atoms with Gasteiger partial charge < -0.3 is 5.32 Å². The molecule has 0 spiro atoms. The highest BCUT2D eigenvalue weighted by Gasteiger charge is 2.24. The monoisotopic (exact) mass is 483 g/mol. The van der Waals surface area contributed by atoms with Crippen LogP contribution in [0.5, 0.6) is 0 Å². The number of hydrogen-bond donors (Lipinski definition) is 2. The van der Waals surface area contributed by atoms with Crippen molar-refractivity contribution in [2.24, 2.45) is 0 Å². The number of amides is 1. The molecule has 0 fully saturated rings. The Morgan fingerprint density at radius 3 is 2.42 bits per heavy atom. The van der Waals surface area contributed by atoms with E-state index in [2.05, 4.69) is 21.1 Å². The Balaban J connectivity index is 1.46. The van der Waals surface area contributed by atoms with Crippen molar-refractivity contribution in [2.75, 3.05) is 5.32 Å². The number of hydrogen-bond acceptors (Lipinski definition) is 5. The molecule has 33 heavy (non-hydrogen) atoms. The van der Waals surface area contributed by atoms with Gasteiger partial charge in [-0.15, -0.1) is 11.3 Å². The first-order valence-corrected chi connectivity index (χ1v) is 12.6. The first kappa shape index (κ1) is 23.0. The second-order valence-corrected chi connectivity index (χ2v) is 10.3. The Hall–Kier alpha value is -3.14. The SMILES string of the molecule is CCC(NS(=O)(=O)c1ccc(F)cc1)C(=O)Nc1ccc(-c2nc3ccc(C)cc3s2)cc1. The van der Waals surface area contributed by atoms with Gasteiger partial charge in [-0.1, -0.05) is 13.0 Å². The number of nitrogens with zero attached hydrogens (tertiary/aromatic N) is 1. The Bertz CT molecular complexity index is 1400. The largest absolute Gasteiger partial charge is 0.325 e. The van der Waals surface area contributed by atoms with Crippen molar-refractivity contribution in [2.45, 2.75) is 31.2 Å². The van der Waals surface area contributed by atoms with Crippen molar-refractivity contribution in [3.8, 4) is 10.6 Å². The number of carbonyl (C=O) groups is 1. The molecular formula is C24H22FN3O3S2. The molecule has 1 amide bonds. The summed E-state index contributed by atoms with van der Waals surface area (Å²) in [6, 6.07) is 16.8. The number of halogens is 1. The van der Waals surface area contributed by atoms with Gasteiger partial charge in [-0.25, -0.2) is 17.8 Å². The lowest BCUT2D eigenvalue weighted by Gasteiger charge is -2.17. The summed E-state index contributed by atoms with van der Waals surface area (Å²) in [7, 11) is -3.97. The maximum absolute atomic E-state index is 13.1. The molecule has 1 heterocycles. The van der Waals surface area contributed by atoms with Crippen LogP contribution in [-0.2, 0) is 14.8 Å². The van der Waals surface area contributed by atoms with Crippen LogP contribution in [0.1, 0.15) is 18.9 Å². The molecule has 0 bridgehead atoms.